The second-order valence-corrected chi connectivity index (χ2v) is 13.1. The second kappa shape index (κ2) is 11.6. The fourth-order valence-corrected chi connectivity index (χ4v) is 6.93. The number of carbonyl (C=O) groups is 4. The molecule has 1 aliphatic carbocycles. The molecule has 3 heterocycles. The number of hydrogen-bond donors (Lipinski definition) is 2. The van der Waals surface area contributed by atoms with Gasteiger partial charge in [-0.1, -0.05) is 40.5 Å². The molecule has 1 aromatic heterocycles. The molecule has 4 atom stereocenters. The maximum absolute atomic E-state index is 14.0. The fraction of sp³-hybridized carbons (Fsp3) is 0.656. The molecule has 222 valence electrons. The van der Waals surface area contributed by atoms with E-state index < -0.39 is 6.04 Å². The summed E-state index contributed by atoms with van der Waals surface area (Å²) in [6, 6.07) is 3.57. The van der Waals surface area contributed by atoms with Crippen molar-refractivity contribution in [2.45, 2.75) is 105 Å². The second-order valence-electron chi connectivity index (χ2n) is 13.1. The number of aromatic nitrogens is 2. The van der Waals surface area contributed by atoms with Crippen LogP contribution in [0.3, 0.4) is 0 Å². The van der Waals surface area contributed by atoms with Crippen molar-refractivity contribution in [3.05, 3.63) is 23.4 Å². The normalized spacial score (nSPS) is 27.0. The van der Waals surface area contributed by atoms with Gasteiger partial charge < -0.3 is 15.5 Å². The lowest BCUT2D eigenvalue weighted by Crippen LogP contribution is -2.44. The highest BCUT2D eigenvalue weighted by Crippen LogP contribution is 2.59. The lowest BCUT2D eigenvalue weighted by Gasteiger charge is -2.26. The minimum atomic E-state index is -0.485. The highest BCUT2D eigenvalue weighted by molar-refractivity contribution is 6.06. The van der Waals surface area contributed by atoms with Crippen LogP contribution < -0.4 is 10.6 Å². The third kappa shape index (κ3) is 5.90. The average Bonchev–Trinajstić information content (AvgIpc) is 3.33. The van der Waals surface area contributed by atoms with Crippen LogP contribution >= 0.6 is 0 Å². The summed E-state index contributed by atoms with van der Waals surface area (Å²) >= 11 is 0. The van der Waals surface area contributed by atoms with Gasteiger partial charge in [0, 0.05) is 55.4 Å². The largest absolute Gasteiger partial charge is 0.385 e. The van der Waals surface area contributed by atoms with Crippen molar-refractivity contribution in [2.24, 2.45) is 17.3 Å². The van der Waals surface area contributed by atoms with Gasteiger partial charge in [0.2, 0.25) is 11.8 Å². The third-order valence-corrected chi connectivity index (χ3v) is 9.25. The smallest absolute Gasteiger partial charge is 0.245 e. The summed E-state index contributed by atoms with van der Waals surface area (Å²) in [5.74, 6) is 0.530. The maximum atomic E-state index is 14.0. The van der Waals surface area contributed by atoms with E-state index in [1.807, 2.05) is 13.0 Å². The molecule has 2 bridgehead atoms. The summed E-state index contributed by atoms with van der Waals surface area (Å²) < 4.78 is 1.70. The van der Waals surface area contributed by atoms with Gasteiger partial charge in [-0.05, 0) is 55.2 Å². The molecule has 1 saturated carbocycles. The van der Waals surface area contributed by atoms with E-state index in [9.17, 15) is 19.2 Å². The van der Waals surface area contributed by atoms with Crippen LogP contribution in [-0.2, 0) is 27.3 Å². The molecule has 9 nitrogen and oxygen atoms in total. The van der Waals surface area contributed by atoms with Crippen LogP contribution in [0.25, 0.3) is 10.9 Å². The number of nitrogens with zero attached hydrogens (tertiary/aromatic N) is 3. The number of carbonyl (C=O) groups excluding carboxylic acids is 4. The summed E-state index contributed by atoms with van der Waals surface area (Å²) in [4.78, 5) is 54.3. The molecule has 0 radical (unpaired) electrons. The summed E-state index contributed by atoms with van der Waals surface area (Å²) in [5, 5.41) is 12.1. The molecular weight excluding hydrogens is 518 g/mol. The zero-order valence-electron chi connectivity index (χ0n) is 25.2. The highest BCUT2D eigenvalue weighted by Gasteiger charge is 2.66. The van der Waals surface area contributed by atoms with Gasteiger partial charge in [-0.15, -0.1) is 0 Å². The van der Waals surface area contributed by atoms with Crippen LogP contribution in [0, 0.1) is 17.3 Å². The van der Waals surface area contributed by atoms with Crippen molar-refractivity contribution < 1.29 is 19.2 Å². The van der Waals surface area contributed by atoms with E-state index in [1.165, 1.54) is 6.92 Å². The average molecular weight is 564 g/mol. The van der Waals surface area contributed by atoms with Gasteiger partial charge in [0.15, 0.2) is 11.6 Å². The van der Waals surface area contributed by atoms with E-state index in [-0.39, 0.29) is 47.3 Å². The Hall–Kier alpha value is -3.23. The van der Waals surface area contributed by atoms with E-state index in [1.54, 1.807) is 9.58 Å². The number of hydrogen-bond acceptors (Lipinski definition) is 6. The Kier molecular flexibility index (Phi) is 8.26. The molecule has 2 aliphatic heterocycles. The quantitative estimate of drug-likeness (QED) is 0.500. The first kappa shape index (κ1) is 29.3. The Balaban J connectivity index is 1.57. The van der Waals surface area contributed by atoms with Crippen molar-refractivity contribution in [1.29, 1.82) is 0 Å². The molecule has 2 amide bonds. The first-order chi connectivity index (χ1) is 19.5. The van der Waals surface area contributed by atoms with E-state index in [0.717, 1.165) is 60.8 Å². The van der Waals surface area contributed by atoms with Crippen molar-refractivity contribution in [1.82, 2.24) is 20.0 Å². The van der Waals surface area contributed by atoms with Crippen LogP contribution in [-0.4, -0.2) is 63.2 Å². The topological polar surface area (TPSA) is 113 Å². The molecule has 9 heteroatoms. The van der Waals surface area contributed by atoms with E-state index in [4.69, 9.17) is 5.10 Å². The Labute approximate surface area is 242 Å². The fourth-order valence-electron chi connectivity index (χ4n) is 6.93. The molecule has 2 N–H and O–H groups in total. The van der Waals surface area contributed by atoms with Gasteiger partial charge >= 0.3 is 0 Å². The number of ketones is 2. The molecule has 1 saturated heterocycles. The zero-order valence-corrected chi connectivity index (χ0v) is 25.2. The summed E-state index contributed by atoms with van der Waals surface area (Å²) in [5.41, 5.74) is 2.96. The monoisotopic (exact) mass is 563 g/mol. The predicted molar refractivity (Wildman–Crippen MR) is 159 cm³/mol. The molecule has 5 rings (SSSR count). The highest BCUT2D eigenvalue weighted by atomic mass is 16.2. The van der Waals surface area contributed by atoms with Gasteiger partial charge in [0.1, 0.15) is 12.2 Å². The molecule has 3 aliphatic rings. The van der Waals surface area contributed by atoms with Crippen LogP contribution in [0.2, 0.25) is 0 Å². The third-order valence-electron chi connectivity index (χ3n) is 9.25. The maximum Gasteiger partial charge on any atom is 0.245 e. The number of Topliss-reactive ketones (excluding diaryl/α,β-unsaturated/α-hetero) is 2. The number of benzene rings is 1. The van der Waals surface area contributed by atoms with Crippen LogP contribution in [0.5, 0.6) is 0 Å². The number of aryl methyl sites for hydroxylation is 1. The van der Waals surface area contributed by atoms with E-state index in [0.29, 0.717) is 37.4 Å². The Bertz CT molecular complexity index is 1360. The Morgan fingerprint density at radius 1 is 1.20 bits per heavy atom. The van der Waals surface area contributed by atoms with Gasteiger partial charge in [0.25, 0.3) is 0 Å². The summed E-state index contributed by atoms with van der Waals surface area (Å²) in [6.45, 7) is 11.1. The van der Waals surface area contributed by atoms with Crippen molar-refractivity contribution in [3.63, 3.8) is 0 Å². The van der Waals surface area contributed by atoms with Crippen LogP contribution in [0.1, 0.15) is 95.6 Å². The van der Waals surface area contributed by atoms with Crippen LogP contribution in [0.15, 0.2) is 12.1 Å². The van der Waals surface area contributed by atoms with E-state index >= 15 is 0 Å². The molecule has 0 spiro atoms. The number of nitrogens with one attached hydrogen (secondary N) is 2. The Morgan fingerprint density at radius 2 is 1.98 bits per heavy atom. The van der Waals surface area contributed by atoms with E-state index in [2.05, 4.69) is 37.5 Å². The lowest BCUT2D eigenvalue weighted by atomic mass is 9.95. The Morgan fingerprint density at radius 3 is 2.68 bits per heavy atom. The van der Waals surface area contributed by atoms with Crippen molar-refractivity contribution >= 4 is 40.0 Å². The minimum Gasteiger partial charge on any atom is -0.385 e. The minimum absolute atomic E-state index is 0.0288. The number of amides is 2. The molecule has 1 aromatic carbocycles. The number of piperidine rings is 1. The molecule has 41 heavy (non-hydrogen) atoms. The molecular formula is C32H45N5O4. The molecule has 2 fully saturated rings. The first-order valence-corrected chi connectivity index (χ1v) is 15.4. The van der Waals surface area contributed by atoms with Gasteiger partial charge in [-0.25, -0.2) is 0 Å². The standard InChI is InChI=1S/C32H45N5O4/c1-6-26(39)25-14-32-15-27(32)37(25)29(41)17-36-31-22(10-8-7-9-20(4)11-28(40)34-18-32)12-23(33-16-19(2)3)13-24(31)30(35-36)21(5)38/h12-13,19-20,25,27,33H,6-11,14-18H2,1-5H3,(H,34,40)/t20-,25-,27+,32-/m0/s1. The van der Waals surface area contributed by atoms with Gasteiger partial charge in [0.05, 0.1) is 11.6 Å². The number of rotatable bonds is 6. The van der Waals surface area contributed by atoms with Crippen molar-refractivity contribution in [3.8, 4) is 0 Å². The van der Waals surface area contributed by atoms with Gasteiger partial charge in [-0.3, -0.25) is 23.9 Å². The van der Waals surface area contributed by atoms with Gasteiger partial charge in [-0.2, -0.15) is 5.10 Å². The lowest BCUT2D eigenvalue weighted by molar-refractivity contribution is -0.139. The first-order valence-electron chi connectivity index (χ1n) is 15.4. The van der Waals surface area contributed by atoms with Crippen LogP contribution in [0.4, 0.5) is 5.69 Å². The number of anilines is 1. The molecule has 0 unspecified atom stereocenters. The summed E-state index contributed by atoms with van der Waals surface area (Å²) in [6.07, 6.45) is 5.84. The zero-order chi connectivity index (χ0) is 29.5. The summed E-state index contributed by atoms with van der Waals surface area (Å²) in [7, 11) is 0. The molecule has 2 aromatic rings. The van der Waals surface area contributed by atoms with Crippen molar-refractivity contribution in [2.75, 3.05) is 18.4 Å². The SMILES string of the molecule is CCC(=O)[C@@H]1C[C@]23CNC(=O)C[C@@H](C)CCCCc4cc(NCC(C)C)cc5c(C(C)=O)nn(c45)CC(=O)N1[C@@H]2C3. The predicted octanol–water partition coefficient (Wildman–Crippen LogP) is 4.51.